The number of amides is 2. The Labute approximate surface area is 465 Å². The number of H-pyrrole nitrogens is 2. The minimum absolute atomic E-state index is 0.0983. The Kier molecular flexibility index (Phi) is 18.6. The molecule has 0 saturated heterocycles. The molecule has 20 heteroatoms. The molecule has 0 aliphatic rings. The van der Waals surface area contributed by atoms with E-state index in [1.165, 1.54) is 36.4 Å². The van der Waals surface area contributed by atoms with Crippen LogP contribution in [0.3, 0.4) is 0 Å². The van der Waals surface area contributed by atoms with Crippen LogP contribution in [-0.2, 0) is 22.4 Å². The van der Waals surface area contributed by atoms with Gasteiger partial charge in [-0.3, -0.25) is 28.8 Å². The highest BCUT2D eigenvalue weighted by atomic mass is 35.5. The second kappa shape index (κ2) is 25.2. The minimum atomic E-state index is -1.55. The number of para-hydroxylation sites is 2. The number of aryl methyl sites for hydroxylation is 4. The number of rotatable bonds is 20. The topological polar surface area (TPSA) is 273 Å². The average Bonchev–Trinajstić information content (AvgIpc) is 3.92. The molecule has 2 amide bonds. The number of carboxylic acids is 2. The number of benzene rings is 6. The smallest absolute Gasteiger partial charge is 0.326 e. The number of phenolic OH excluding ortho intramolecular Hbond substituents is 2. The highest BCUT2D eigenvalue weighted by Crippen LogP contribution is 2.32. The summed E-state index contributed by atoms with van der Waals surface area (Å²) in [4.78, 5) is 107. The molecule has 2 atom stereocenters. The summed E-state index contributed by atoms with van der Waals surface area (Å²) in [5.41, 5.74) is 4.79. The summed E-state index contributed by atoms with van der Waals surface area (Å²) in [5, 5.41) is 44.6. The molecule has 0 radical (unpaired) electrons. The van der Waals surface area contributed by atoms with Crippen molar-refractivity contribution in [2.75, 3.05) is 0 Å². The van der Waals surface area contributed by atoms with Crippen LogP contribution in [0.5, 0.6) is 11.5 Å². The van der Waals surface area contributed by atoms with Gasteiger partial charge in [-0.05, 0) is 110 Å². The quantitative estimate of drug-likeness (QED) is 0.0331. The lowest BCUT2D eigenvalue weighted by molar-refractivity contribution is -0.140. The molecule has 0 fully saturated rings. The molecule has 16 nitrogen and oxygen atoms in total. The van der Waals surface area contributed by atoms with Crippen LogP contribution < -0.4 is 10.6 Å². The number of carbonyl (C=O) groups is 8. The van der Waals surface area contributed by atoms with E-state index in [4.69, 9.17) is 46.4 Å². The Morgan fingerprint density at radius 1 is 0.474 bits per heavy atom. The number of aromatic amines is 2. The third kappa shape index (κ3) is 13.8. The van der Waals surface area contributed by atoms with Crippen molar-refractivity contribution >= 4 is 115 Å². The van der Waals surface area contributed by atoms with Gasteiger partial charge in [0.1, 0.15) is 35.0 Å². The number of nitrogens with one attached hydrogen (secondary N) is 4. The summed E-state index contributed by atoms with van der Waals surface area (Å²) in [7, 11) is 0. The van der Waals surface area contributed by atoms with Crippen molar-refractivity contribution in [2.45, 2.75) is 64.5 Å². The molecule has 400 valence electrons. The fourth-order valence-corrected chi connectivity index (χ4v) is 10.1. The maximum Gasteiger partial charge on any atom is 0.326 e. The van der Waals surface area contributed by atoms with Crippen LogP contribution >= 0.6 is 46.4 Å². The number of hydrogen-bond acceptors (Lipinski definition) is 10. The van der Waals surface area contributed by atoms with Crippen molar-refractivity contribution in [3.63, 3.8) is 0 Å². The molecule has 0 aliphatic heterocycles. The molecular weight excluding hydrogens is 1090 g/mol. The van der Waals surface area contributed by atoms with Gasteiger partial charge in [-0.1, -0.05) is 107 Å². The fourth-order valence-electron chi connectivity index (χ4n) is 8.68. The Morgan fingerprint density at radius 3 is 1.14 bits per heavy atom. The Balaban J connectivity index is 0.000000226. The molecule has 6 aromatic carbocycles. The minimum Gasteiger partial charge on any atom is -0.508 e. The molecule has 2 unspecified atom stereocenters. The van der Waals surface area contributed by atoms with Crippen molar-refractivity contribution < 1.29 is 58.8 Å². The fraction of sp³-hybridized carbons (Fsp3) is 0.172. The first-order valence-electron chi connectivity index (χ1n) is 24.0. The zero-order valence-electron chi connectivity index (χ0n) is 41.5. The summed E-state index contributed by atoms with van der Waals surface area (Å²) in [6.07, 6.45) is -0.236. The van der Waals surface area contributed by atoms with E-state index in [0.717, 1.165) is 32.9 Å². The van der Waals surface area contributed by atoms with Crippen LogP contribution in [0.4, 0.5) is 0 Å². The highest BCUT2D eigenvalue weighted by molar-refractivity contribution is 6.41. The predicted octanol–water partition coefficient (Wildman–Crippen LogP) is 11.5. The number of Topliss-reactive ketones (excluding diaryl/α,β-unsaturated/α-hetero) is 4. The van der Waals surface area contributed by atoms with Crippen molar-refractivity contribution in [3.05, 3.63) is 197 Å². The zero-order chi connectivity index (χ0) is 56.5. The molecule has 0 aliphatic carbocycles. The van der Waals surface area contributed by atoms with Crippen LogP contribution in [-0.4, -0.2) is 89.4 Å². The summed E-state index contributed by atoms with van der Waals surface area (Å²) in [6.45, 7) is 3.47. The standard InChI is InChI=1S/2C29H24Cl2N2O6/c2*1-15-19-7-2-3-8-22(19)32-27(15)28(37)33-23(29(38)39)14-25(36)26-20(30)12-17(13-21(26)31)24(35)10-9-16-5-4-6-18(34)11-16/h2*2-8,11-13,23,32,34H,9-10,14H2,1H3,(H,33,37)(H,38,39). The van der Waals surface area contributed by atoms with Gasteiger partial charge in [0.25, 0.3) is 11.8 Å². The number of aromatic nitrogens is 2. The number of halogens is 4. The van der Waals surface area contributed by atoms with Gasteiger partial charge in [0.15, 0.2) is 23.1 Å². The van der Waals surface area contributed by atoms with Gasteiger partial charge < -0.3 is 41.0 Å². The van der Waals surface area contributed by atoms with Gasteiger partial charge in [0.05, 0.1) is 31.2 Å². The number of carbonyl (C=O) groups excluding carboxylic acids is 6. The second-order valence-corrected chi connectivity index (χ2v) is 19.8. The third-order valence-electron chi connectivity index (χ3n) is 12.8. The average molecular weight is 1130 g/mol. The van der Waals surface area contributed by atoms with Gasteiger partial charge in [0.2, 0.25) is 0 Å². The largest absolute Gasteiger partial charge is 0.508 e. The first kappa shape index (κ1) is 57.4. The Hall–Kier alpha value is -8.28. The van der Waals surface area contributed by atoms with E-state index < -0.39 is 60.2 Å². The number of phenols is 2. The van der Waals surface area contributed by atoms with Crippen LogP contribution in [0.1, 0.15) is 110 Å². The molecule has 0 spiro atoms. The van der Waals surface area contributed by atoms with Crippen molar-refractivity contribution in [3.8, 4) is 11.5 Å². The summed E-state index contributed by atoms with van der Waals surface area (Å²) in [5.74, 6) is -5.91. The number of ketones is 4. The monoisotopic (exact) mass is 1130 g/mol. The number of hydrogen-bond donors (Lipinski definition) is 8. The maximum atomic E-state index is 13.1. The maximum absolute atomic E-state index is 13.1. The lowest BCUT2D eigenvalue weighted by Gasteiger charge is -2.15. The SMILES string of the molecule is Cc1c(C(=O)NC(CC(=O)c2c(Cl)cc(C(=O)CCc3cccc(O)c3)cc2Cl)C(=O)O)[nH]c2ccccc12.Cc1c(C(=O)NC(CC(=O)c2c(Cl)cc(C(=O)CCc3cccc(O)c3)cc2Cl)C(=O)O)[nH]c2ccccc12. The van der Waals surface area contributed by atoms with E-state index in [9.17, 15) is 58.8 Å². The van der Waals surface area contributed by atoms with Crippen LogP contribution in [0, 0.1) is 13.8 Å². The molecule has 2 heterocycles. The van der Waals surface area contributed by atoms with Gasteiger partial charge in [0, 0.05) is 58.6 Å². The number of carboxylic acid groups (broad SMARTS) is 2. The van der Waals surface area contributed by atoms with Gasteiger partial charge in [-0.2, -0.15) is 0 Å². The first-order chi connectivity index (χ1) is 37.1. The van der Waals surface area contributed by atoms with Gasteiger partial charge in [-0.15, -0.1) is 0 Å². The van der Waals surface area contributed by atoms with E-state index >= 15 is 0 Å². The van der Waals surface area contributed by atoms with E-state index in [1.807, 2.05) is 24.3 Å². The third-order valence-corrected chi connectivity index (χ3v) is 14.0. The van der Waals surface area contributed by atoms with E-state index in [0.29, 0.717) is 24.0 Å². The van der Waals surface area contributed by atoms with Crippen LogP contribution in [0.25, 0.3) is 21.8 Å². The molecular formula is C58H48Cl4N4O12. The highest BCUT2D eigenvalue weighted by Gasteiger charge is 2.30. The number of fused-ring (bicyclic) bond motifs is 2. The molecule has 0 bridgehead atoms. The van der Waals surface area contributed by atoms with E-state index in [1.54, 1.807) is 74.5 Å². The summed E-state index contributed by atoms with van der Waals surface area (Å²) >= 11 is 25.2. The van der Waals surface area contributed by atoms with Crippen molar-refractivity contribution in [2.24, 2.45) is 0 Å². The lowest BCUT2D eigenvalue weighted by atomic mass is 9.98. The van der Waals surface area contributed by atoms with Gasteiger partial charge in [-0.25, -0.2) is 9.59 Å². The Morgan fingerprint density at radius 2 is 0.821 bits per heavy atom. The van der Waals surface area contributed by atoms with E-state index in [2.05, 4.69) is 20.6 Å². The second-order valence-electron chi connectivity index (χ2n) is 18.1. The molecule has 8 N–H and O–H groups in total. The molecule has 0 saturated carbocycles. The molecule has 78 heavy (non-hydrogen) atoms. The van der Waals surface area contributed by atoms with Crippen LogP contribution in [0.2, 0.25) is 20.1 Å². The molecule has 8 rings (SSSR count). The van der Waals surface area contributed by atoms with Crippen molar-refractivity contribution in [1.29, 1.82) is 0 Å². The van der Waals surface area contributed by atoms with Crippen LogP contribution in [0.15, 0.2) is 121 Å². The van der Waals surface area contributed by atoms with E-state index in [-0.39, 0.29) is 89.6 Å². The first-order valence-corrected chi connectivity index (χ1v) is 25.5. The normalized spacial score (nSPS) is 11.8. The molecule has 2 aromatic heterocycles. The summed E-state index contributed by atoms with van der Waals surface area (Å²) < 4.78 is 0. The number of aromatic hydroxyl groups is 2. The summed E-state index contributed by atoms with van der Waals surface area (Å²) in [6, 6.07) is 29.8. The molecule has 8 aromatic rings. The lowest BCUT2D eigenvalue weighted by Crippen LogP contribution is -2.42. The Bertz CT molecular complexity index is 3410. The predicted molar refractivity (Wildman–Crippen MR) is 296 cm³/mol. The van der Waals surface area contributed by atoms with Crippen molar-refractivity contribution in [1.82, 2.24) is 20.6 Å². The number of aliphatic carboxylic acids is 2. The van der Waals surface area contributed by atoms with Gasteiger partial charge >= 0.3 is 11.9 Å². The zero-order valence-corrected chi connectivity index (χ0v) is 44.5.